The van der Waals surface area contributed by atoms with Crippen molar-refractivity contribution in [2.45, 2.75) is 38.6 Å². The first-order valence-electron chi connectivity index (χ1n) is 11.5. The van der Waals surface area contributed by atoms with Gasteiger partial charge in [-0.15, -0.1) is 0 Å². The zero-order chi connectivity index (χ0) is 22.8. The Hall–Kier alpha value is -3.84. The minimum absolute atomic E-state index is 0.346. The molecule has 1 N–H and O–H groups in total. The molecule has 1 aliphatic carbocycles. The number of carboxylic acids is 1. The third-order valence-electron chi connectivity index (χ3n) is 6.90. The highest BCUT2D eigenvalue weighted by molar-refractivity contribution is 6.04. The number of rotatable bonds is 6. The molecular weight excluding hydrogens is 408 g/mol. The van der Waals surface area contributed by atoms with Crippen LogP contribution in [0.5, 0.6) is 0 Å². The molecule has 33 heavy (non-hydrogen) atoms. The molecular formula is C29H26N2O2. The summed E-state index contributed by atoms with van der Waals surface area (Å²) in [5.41, 5.74) is 6.70. The fourth-order valence-electron chi connectivity index (χ4n) is 5.30. The zero-order valence-electron chi connectivity index (χ0n) is 18.5. The normalized spacial score (nSPS) is 15.2. The maximum atomic E-state index is 12.1. The third kappa shape index (κ3) is 4.15. The number of aryl methyl sites for hydroxylation is 2. The Morgan fingerprint density at radius 2 is 1.82 bits per heavy atom. The van der Waals surface area contributed by atoms with Crippen LogP contribution in [-0.4, -0.2) is 15.6 Å². The number of carboxylic acid groups (broad SMARTS) is 1. The molecule has 4 heteroatoms. The minimum atomic E-state index is -0.900. The summed E-state index contributed by atoms with van der Waals surface area (Å²) in [7, 11) is 0. The minimum Gasteiger partial charge on any atom is -0.478 e. The molecule has 4 aromatic rings. The van der Waals surface area contributed by atoms with E-state index >= 15 is 0 Å². The molecule has 0 fully saturated rings. The van der Waals surface area contributed by atoms with Crippen LogP contribution in [0.3, 0.4) is 0 Å². The van der Waals surface area contributed by atoms with Gasteiger partial charge < -0.3 is 9.67 Å². The van der Waals surface area contributed by atoms with Crippen LogP contribution in [0, 0.1) is 17.2 Å². The van der Waals surface area contributed by atoms with Gasteiger partial charge in [0.1, 0.15) is 0 Å². The summed E-state index contributed by atoms with van der Waals surface area (Å²) in [4.78, 5) is 12.1. The lowest BCUT2D eigenvalue weighted by Crippen LogP contribution is -2.18. The van der Waals surface area contributed by atoms with E-state index in [-0.39, 0.29) is 0 Å². The lowest BCUT2D eigenvalue weighted by molar-refractivity contribution is 0.0698. The number of benzene rings is 3. The summed E-state index contributed by atoms with van der Waals surface area (Å²) in [6, 6.07) is 26.0. The largest absolute Gasteiger partial charge is 0.478 e. The summed E-state index contributed by atoms with van der Waals surface area (Å²) in [6.45, 7) is 0.567. The van der Waals surface area contributed by atoms with Crippen molar-refractivity contribution < 1.29 is 9.90 Å². The molecule has 0 aliphatic heterocycles. The van der Waals surface area contributed by atoms with Crippen LogP contribution < -0.4 is 0 Å². The molecule has 0 spiro atoms. The van der Waals surface area contributed by atoms with Crippen molar-refractivity contribution in [1.29, 1.82) is 5.26 Å². The van der Waals surface area contributed by atoms with E-state index in [1.54, 1.807) is 12.1 Å². The van der Waals surface area contributed by atoms with Gasteiger partial charge in [0.05, 0.1) is 22.7 Å². The van der Waals surface area contributed by atoms with Gasteiger partial charge in [-0.3, -0.25) is 0 Å². The first kappa shape index (κ1) is 21.0. The van der Waals surface area contributed by atoms with Crippen LogP contribution in [0.1, 0.15) is 51.1 Å². The molecule has 0 amide bonds. The second-order valence-corrected chi connectivity index (χ2v) is 8.96. The number of carbonyl (C=O) groups is 1. The van der Waals surface area contributed by atoms with Gasteiger partial charge in [-0.05, 0) is 72.9 Å². The van der Waals surface area contributed by atoms with Gasteiger partial charge in [0.25, 0.3) is 0 Å². The predicted octanol–water partition coefficient (Wildman–Crippen LogP) is 6.00. The highest BCUT2D eigenvalue weighted by Crippen LogP contribution is 2.37. The number of aromatic nitrogens is 1. The summed E-state index contributed by atoms with van der Waals surface area (Å²) in [5, 5.41) is 20.3. The third-order valence-corrected chi connectivity index (χ3v) is 6.90. The quantitative estimate of drug-likeness (QED) is 0.405. The smallest absolute Gasteiger partial charge is 0.337 e. The number of aromatic carboxylic acids is 1. The van der Waals surface area contributed by atoms with Gasteiger partial charge >= 0.3 is 5.97 Å². The molecule has 1 unspecified atom stereocenters. The van der Waals surface area contributed by atoms with Crippen LogP contribution in [-0.2, 0) is 25.8 Å². The number of hydrogen-bond acceptors (Lipinski definition) is 2. The molecule has 1 atom stereocenters. The topological polar surface area (TPSA) is 66.0 Å². The molecule has 1 heterocycles. The first-order chi connectivity index (χ1) is 16.1. The highest BCUT2D eigenvalue weighted by atomic mass is 16.4. The molecule has 4 nitrogen and oxygen atoms in total. The molecule has 0 saturated carbocycles. The summed E-state index contributed by atoms with van der Waals surface area (Å²) in [6.07, 6.45) is 5.24. The first-order valence-corrected chi connectivity index (χ1v) is 11.5. The lowest BCUT2D eigenvalue weighted by atomic mass is 9.83. The Morgan fingerprint density at radius 1 is 1.03 bits per heavy atom. The van der Waals surface area contributed by atoms with Crippen molar-refractivity contribution in [3.63, 3.8) is 0 Å². The SMILES string of the molecule is N#Cc1cccc(Cn2c3c(c4cccc(C(=O)O)c42)CCC(CCc2ccccc2)C3)c1. The van der Waals surface area contributed by atoms with E-state index in [0.29, 0.717) is 23.6 Å². The molecule has 164 valence electrons. The molecule has 1 aromatic heterocycles. The van der Waals surface area contributed by atoms with E-state index in [2.05, 4.69) is 47.0 Å². The lowest BCUT2D eigenvalue weighted by Gasteiger charge is -2.25. The van der Waals surface area contributed by atoms with Crippen LogP contribution >= 0.6 is 0 Å². The van der Waals surface area contributed by atoms with E-state index in [1.165, 1.54) is 16.8 Å². The highest BCUT2D eigenvalue weighted by Gasteiger charge is 2.27. The van der Waals surface area contributed by atoms with Gasteiger partial charge in [-0.2, -0.15) is 5.26 Å². The number of nitrogens with zero attached hydrogens (tertiary/aromatic N) is 2. The average molecular weight is 435 g/mol. The fraction of sp³-hybridized carbons (Fsp3) is 0.241. The Balaban J connectivity index is 1.54. The predicted molar refractivity (Wildman–Crippen MR) is 129 cm³/mol. The average Bonchev–Trinajstić information content (AvgIpc) is 3.16. The number of fused-ring (bicyclic) bond motifs is 3. The molecule has 0 radical (unpaired) electrons. The molecule has 0 saturated heterocycles. The van der Waals surface area contributed by atoms with Crippen LogP contribution in [0.15, 0.2) is 72.8 Å². The molecule has 1 aliphatic rings. The summed E-state index contributed by atoms with van der Waals surface area (Å²) < 4.78 is 2.21. The van der Waals surface area contributed by atoms with E-state index in [0.717, 1.165) is 48.6 Å². The van der Waals surface area contributed by atoms with Crippen molar-refractivity contribution in [2.75, 3.05) is 0 Å². The van der Waals surface area contributed by atoms with Crippen molar-refractivity contribution in [3.05, 3.63) is 106 Å². The Labute approximate surface area is 193 Å². The summed E-state index contributed by atoms with van der Waals surface area (Å²) >= 11 is 0. The van der Waals surface area contributed by atoms with Gasteiger partial charge in [-0.1, -0.05) is 54.6 Å². The van der Waals surface area contributed by atoms with E-state index in [4.69, 9.17) is 0 Å². The van der Waals surface area contributed by atoms with Crippen LogP contribution in [0.2, 0.25) is 0 Å². The molecule has 5 rings (SSSR count). The van der Waals surface area contributed by atoms with Crippen LogP contribution in [0.4, 0.5) is 0 Å². The van der Waals surface area contributed by atoms with E-state index < -0.39 is 5.97 Å². The fourth-order valence-corrected chi connectivity index (χ4v) is 5.30. The van der Waals surface area contributed by atoms with Crippen molar-refractivity contribution in [1.82, 2.24) is 4.57 Å². The summed E-state index contributed by atoms with van der Waals surface area (Å²) in [5.74, 6) is -0.331. The zero-order valence-corrected chi connectivity index (χ0v) is 18.5. The van der Waals surface area contributed by atoms with E-state index in [9.17, 15) is 15.2 Å². The Bertz CT molecular complexity index is 1360. The number of nitriles is 1. The molecule has 0 bridgehead atoms. The maximum absolute atomic E-state index is 12.1. The Kier molecular flexibility index (Phi) is 5.71. The standard InChI is InChI=1S/C29H26N2O2/c30-18-22-8-4-9-23(16-22)19-31-27-17-21(13-12-20-6-2-1-3-7-20)14-15-24(27)25-10-5-11-26(28(25)31)29(32)33/h1-11,16,21H,12-15,17,19H2,(H,32,33). The van der Waals surface area contributed by atoms with E-state index in [1.807, 2.05) is 24.3 Å². The number of hydrogen-bond donors (Lipinski definition) is 1. The van der Waals surface area contributed by atoms with Gasteiger partial charge in [0.2, 0.25) is 0 Å². The van der Waals surface area contributed by atoms with Crippen molar-refractivity contribution in [2.24, 2.45) is 5.92 Å². The van der Waals surface area contributed by atoms with Gasteiger partial charge in [0, 0.05) is 17.6 Å². The Morgan fingerprint density at radius 3 is 2.61 bits per heavy atom. The second kappa shape index (κ2) is 8.96. The van der Waals surface area contributed by atoms with Gasteiger partial charge in [0.15, 0.2) is 0 Å². The van der Waals surface area contributed by atoms with Crippen molar-refractivity contribution in [3.8, 4) is 6.07 Å². The monoisotopic (exact) mass is 434 g/mol. The van der Waals surface area contributed by atoms with Crippen molar-refractivity contribution >= 4 is 16.9 Å². The second-order valence-electron chi connectivity index (χ2n) is 8.96. The molecule has 3 aromatic carbocycles. The van der Waals surface area contributed by atoms with Crippen LogP contribution in [0.25, 0.3) is 10.9 Å². The maximum Gasteiger partial charge on any atom is 0.337 e. The van der Waals surface area contributed by atoms with Gasteiger partial charge in [-0.25, -0.2) is 4.79 Å². The number of para-hydroxylation sites is 1.